The molecule has 4 rings (SSSR count). The van der Waals surface area contributed by atoms with Gasteiger partial charge in [0.05, 0.1) is 24.8 Å². The Labute approximate surface area is 141 Å². The Morgan fingerprint density at radius 2 is 2.24 bits per heavy atom. The Kier molecular flexibility index (Phi) is 3.92. The van der Waals surface area contributed by atoms with Crippen molar-refractivity contribution < 1.29 is 18.7 Å². The van der Waals surface area contributed by atoms with Crippen molar-refractivity contribution in [3.8, 4) is 17.1 Å². The predicted molar refractivity (Wildman–Crippen MR) is 84.9 cm³/mol. The fourth-order valence-corrected chi connectivity index (χ4v) is 2.50. The van der Waals surface area contributed by atoms with Crippen molar-refractivity contribution in [3.05, 3.63) is 24.4 Å². The number of H-pyrrole nitrogens is 1. The molecule has 1 atom stereocenters. The van der Waals surface area contributed by atoms with Crippen LogP contribution in [-0.4, -0.2) is 57.2 Å². The summed E-state index contributed by atoms with van der Waals surface area (Å²) < 4.78 is 24.3. The summed E-state index contributed by atoms with van der Waals surface area (Å²) >= 11 is 0. The molecule has 9 nitrogen and oxygen atoms in total. The molecular formula is C15H15FN6O3. The molecule has 130 valence electrons. The van der Waals surface area contributed by atoms with Crippen molar-refractivity contribution in [3.63, 3.8) is 0 Å². The summed E-state index contributed by atoms with van der Waals surface area (Å²) in [5.74, 6) is 0.500. The summed E-state index contributed by atoms with van der Waals surface area (Å²) in [6.45, 7) is -0.0284. The summed E-state index contributed by atoms with van der Waals surface area (Å²) in [5, 5.41) is 18.8. The molecule has 0 spiro atoms. The zero-order chi connectivity index (χ0) is 17.2. The summed E-state index contributed by atoms with van der Waals surface area (Å²) in [6, 6.07) is 5.30. The molecule has 2 N–H and O–H groups in total. The highest BCUT2D eigenvalue weighted by Crippen LogP contribution is 2.28. The number of cyclic esters (lactones) is 1. The molecule has 4 bridgehead atoms. The predicted octanol–water partition coefficient (Wildman–Crippen LogP) is 1.28. The fraction of sp³-hybridized carbons (Fsp3) is 0.333. The van der Waals surface area contributed by atoms with Gasteiger partial charge in [-0.3, -0.25) is 5.10 Å². The van der Waals surface area contributed by atoms with Gasteiger partial charge < -0.3 is 14.8 Å². The number of aromatic amines is 1. The molecule has 0 radical (unpaired) electrons. The lowest BCUT2D eigenvalue weighted by Gasteiger charge is -2.12. The number of alkyl halides is 1. The maximum Gasteiger partial charge on any atom is 0.407 e. The molecule has 3 heterocycles. The molecule has 3 aromatic rings. The highest BCUT2D eigenvalue weighted by Gasteiger charge is 2.15. The van der Waals surface area contributed by atoms with Gasteiger partial charge in [0, 0.05) is 5.39 Å². The number of nitrogens with zero attached hydrogens (tertiary/aromatic N) is 4. The SMILES string of the molecule is O=C1NC[C@@H](F)COc2ccc3[nH]nc(c3c2)-c2cnn(n2)CCO1. The van der Waals surface area contributed by atoms with Gasteiger partial charge in [-0.2, -0.15) is 20.1 Å². The number of nitrogens with one attached hydrogen (secondary N) is 2. The van der Waals surface area contributed by atoms with Gasteiger partial charge in [0.1, 0.15) is 30.4 Å². The minimum atomic E-state index is -1.35. The first kappa shape index (κ1) is 15.4. The van der Waals surface area contributed by atoms with Crippen molar-refractivity contribution >= 4 is 17.0 Å². The third kappa shape index (κ3) is 3.23. The molecule has 1 aliphatic rings. The van der Waals surface area contributed by atoms with E-state index in [9.17, 15) is 9.18 Å². The lowest BCUT2D eigenvalue weighted by molar-refractivity contribution is 0.131. The molecular weight excluding hydrogens is 331 g/mol. The summed E-state index contributed by atoms with van der Waals surface area (Å²) in [5.41, 5.74) is 2.00. The van der Waals surface area contributed by atoms with Crippen LogP contribution < -0.4 is 10.1 Å². The second-order valence-corrected chi connectivity index (χ2v) is 5.53. The second-order valence-electron chi connectivity index (χ2n) is 5.53. The van der Waals surface area contributed by atoms with Gasteiger partial charge in [0.2, 0.25) is 0 Å². The third-order valence-corrected chi connectivity index (χ3v) is 3.74. The number of ether oxygens (including phenoxy) is 2. The van der Waals surface area contributed by atoms with E-state index in [1.54, 1.807) is 24.4 Å². The number of carbonyl (C=O) groups is 1. The number of benzene rings is 1. The molecule has 0 saturated heterocycles. The Bertz CT molecular complexity index is 908. The lowest BCUT2D eigenvalue weighted by Crippen LogP contribution is -2.34. The summed E-state index contributed by atoms with van der Waals surface area (Å²) in [7, 11) is 0. The standard InChI is InChI=1S/C15H15FN6O3/c16-9-6-17-15(23)24-4-3-22-18-7-13(21-22)14-11-5-10(25-8-9)1-2-12(11)19-20-14/h1-2,5,7,9H,3-4,6,8H2,(H,17,23)(H,19,20)/t9-/m1/s1. The van der Waals surface area contributed by atoms with E-state index in [1.807, 2.05) is 0 Å². The van der Waals surface area contributed by atoms with Crippen LogP contribution in [0.2, 0.25) is 0 Å². The van der Waals surface area contributed by atoms with Crippen molar-refractivity contribution in [1.82, 2.24) is 30.5 Å². The lowest BCUT2D eigenvalue weighted by atomic mass is 10.1. The van der Waals surface area contributed by atoms with Crippen molar-refractivity contribution in [2.24, 2.45) is 0 Å². The third-order valence-electron chi connectivity index (χ3n) is 3.74. The molecule has 10 heteroatoms. The number of hydrogen-bond donors (Lipinski definition) is 2. The second kappa shape index (κ2) is 6.38. The maximum atomic E-state index is 13.9. The van der Waals surface area contributed by atoms with E-state index >= 15 is 0 Å². The normalized spacial score (nSPS) is 18.6. The van der Waals surface area contributed by atoms with E-state index in [1.165, 1.54) is 4.80 Å². The highest BCUT2D eigenvalue weighted by molar-refractivity contribution is 5.92. The van der Waals surface area contributed by atoms with E-state index in [0.29, 0.717) is 17.1 Å². The van der Waals surface area contributed by atoms with Crippen LogP contribution in [-0.2, 0) is 11.3 Å². The van der Waals surface area contributed by atoms with Crippen molar-refractivity contribution in [1.29, 1.82) is 0 Å². The number of amides is 1. The largest absolute Gasteiger partial charge is 0.490 e. The molecule has 2 aromatic heterocycles. The average Bonchev–Trinajstić information content (AvgIpc) is 3.23. The number of hydrogen-bond acceptors (Lipinski definition) is 6. The van der Waals surface area contributed by atoms with Crippen LogP contribution >= 0.6 is 0 Å². The summed E-state index contributed by atoms with van der Waals surface area (Å²) in [4.78, 5) is 12.9. The first-order valence-corrected chi connectivity index (χ1v) is 7.75. The Morgan fingerprint density at radius 3 is 3.16 bits per heavy atom. The smallest absolute Gasteiger partial charge is 0.407 e. The number of aromatic nitrogens is 5. The molecule has 0 unspecified atom stereocenters. The average molecular weight is 346 g/mol. The van der Waals surface area contributed by atoms with Gasteiger partial charge in [0.25, 0.3) is 0 Å². The molecule has 0 aliphatic carbocycles. The van der Waals surface area contributed by atoms with Gasteiger partial charge in [-0.05, 0) is 18.2 Å². The maximum absolute atomic E-state index is 13.9. The monoisotopic (exact) mass is 346 g/mol. The van der Waals surface area contributed by atoms with Crippen LogP contribution in [0, 0.1) is 0 Å². The van der Waals surface area contributed by atoms with Gasteiger partial charge in [-0.25, -0.2) is 9.18 Å². The van der Waals surface area contributed by atoms with Gasteiger partial charge in [-0.15, -0.1) is 0 Å². The zero-order valence-corrected chi connectivity index (χ0v) is 13.1. The van der Waals surface area contributed by atoms with Crippen LogP contribution in [0.3, 0.4) is 0 Å². The minimum Gasteiger partial charge on any atom is -0.490 e. The Morgan fingerprint density at radius 1 is 1.32 bits per heavy atom. The van der Waals surface area contributed by atoms with Crippen LogP contribution in [0.1, 0.15) is 0 Å². The van der Waals surface area contributed by atoms with Crippen LogP contribution in [0.5, 0.6) is 5.75 Å². The van der Waals surface area contributed by atoms with E-state index < -0.39 is 12.3 Å². The van der Waals surface area contributed by atoms with Crippen molar-refractivity contribution in [2.45, 2.75) is 12.7 Å². The first-order chi connectivity index (χ1) is 12.2. The zero-order valence-electron chi connectivity index (χ0n) is 13.1. The molecule has 25 heavy (non-hydrogen) atoms. The number of rotatable bonds is 0. The Hall–Kier alpha value is -3.17. The van der Waals surface area contributed by atoms with Crippen LogP contribution in [0.15, 0.2) is 24.4 Å². The van der Waals surface area contributed by atoms with Gasteiger partial charge in [0.15, 0.2) is 6.17 Å². The van der Waals surface area contributed by atoms with Gasteiger partial charge >= 0.3 is 6.09 Å². The number of carbonyl (C=O) groups excluding carboxylic acids is 1. The molecule has 1 aromatic carbocycles. The van der Waals surface area contributed by atoms with Crippen molar-refractivity contribution in [2.75, 3.05) is 19.8 Å². The Balaban J connectivity index is 1.69. The summed E-state index contributed by atoms with van der Waals surface area (Å²) in [6.07, 6.45) is -0.468. The van der Waals surface area contributed by atoms with Crippen LogP contribution in [0.25, 0.3) is 22.3 Å². The quantitative estimate of drug-likeness (QED) is 0.635. The van der Waals surface area contributed by atoms with Crippen LogP contribution in [0.4, 0.5) is 9.18 Å². The van der Waals surface area contributed by atoms with E-state index in [-0.39, 0.29) is 26.3 Å². The fourth-order valence-electron chi connectivity index (χ4n) is 2.50. The number of fused-ring (bicyclic) bond motifs is 4. The van der Waals surface area contributed by atoms with E-state index in [0.717, 1.165) is 10.9 Å². The molecule has 0 saturated carbocycles. The van der Waals surface area contributed by atoms with Gasteiger partial charge in [-0.1, -0.05) is 0 Å². The minimum absolute atomic E-state index is 0.0683. The van der Waals surface area contributed by atoms with E-state index in [4.69, 9.17) is 9.47 Å². The molecule has 1 amide bonds. The highest BCUT2D eigenvalue weighted by atomic mass is 19.1. The molecule has 1 aliphatic heterocycles. The first-order valence-electron chi connectivity index (χ1n) is 7.75. The number of alkyl carbamates (subject to hydrolysis) is 1. The topological polar surface area (TPSA) is 107 Å². The van der Waals surface area contributed by atoms with E-state index in [2.05, 4.69) is 25.7 Å². The number of halogens is 1. The molecule has 0 fully saturated rings.